The maximum Gasteiger partial charge on any atom is 0.115 e. The number of H-pyrrole nitrogens is 1. The number of aromatic amines is 1. The number of hydrogen-bond acceptors (Lipinski definition) is 3. The van der Waals surface area contributed by atoms with Gasteiger partial charge in [-0.2, -0.15) is 5.10 Å². The molecule has 1 aromatic carbocycles. The van der Waals surface area contributed by atoms with Gasteiger partial charge >= 0.3 is 0 Å². The highest BCUT2D eigenvalue weighted by atomic mass is 32.2. The molecule has 0 fully saturated rings. The molecule has 0 amide bonds. The van der Waals surface area contributed by atoms with Crippen LogP contribution in [0.15, 0.2) is 29.2 Å². The van der Waals surface area contributed by atoms with Gasteiger partial charge in [0.25, 0.3) is 0 Å². The normalized spacial score (nSPS) is 10.5. The quantitative estimate of drug-likeness (QED) is 0.763. The third-order valence-electron chi connectivity index (χ3n) is 2.36. The second-order valence-electron chi connectivity index (χ2n) is 3.34. The van der Waals surface area contributed by atoms with Crippen molar-refractivity contribution in [2.75, 3.05) is 12.0 Å². The number of thioether (sulfide) groups is 1. The van der Waals surface area contributed by atoms with Gasteiger partial charge in [0.2, 0.25) is 0 Å². The standard InChI is InChI=1S/C11H13N3S/c1-7-10(12)11(14-13-7)8-3-5-9(15-2)6-4-8/h3-6H,12H2,1-2H3,(H,13,14). The summed E-state index contributed by atoms with van der Waals surface area (Å²) in [5.74, 6) is 0. The maximum absolute atomic E-state index is 5.91. The SMILES string of the molecule is CSc1ccc(-c2n[nH]c(C)c2N)cc1. The number of nitrogens with zero attached hydrogens (tertiary/aromatic N) is 1. The smallest absolute Gasteiger partial charge is 0.115 e. The highest BCUT2D eigenvalue weighted by Crippen LogP contribution is 2.27. The third-order valence-corrected chi connectivity index (χ3v) is 3.10. The first kappa shape index (κ1) is 10.1. The highest BCUT2D eigenvalue weighted by molar-refractivity contribution is 7.98. The molecule has 1 aromatic heterocycles. The topological polar surface area (TPSA) is 54.7 Å². The molecule has 0 saturated heterocycles. The Hall–Kier alpha value is -1.42. The van der Waals surface area contributed by atoms with Crippen LogP contribution in [0.5, 0.6) is 0 Å². The van der Waals surface area contributed by atoms with Crippen LogP contribution >= 0.6 is 11.8 Å². The Kier molecular flexibility index (Phi) is 2.68. The van der Waals surface area contributed by atoms with Crippen LogP contribution in [-0.2, 0) is 0 Å². The first-order chi connectivity index (χ1) is 7.22. The van der Waals surface area contributed by atoms with E-state index in [9.17, 15) is 0 Å². The van der Waals surface area contributed by atoms with Crippen molar-refractivity contribution in [3.05, 3.63) is 30.0 Å². The molecule has 15 heavy (non-hydrogen) atoms. The summed E-state index contributed by atoms with van der Waals surface area (Å²) in [4.78, 5) is 1.24. The molecule has 0 unspecified atom stereocenters. The molecular weight excluding hydrogens is 206 g/mol. The lowest BCUT2D eigenvalue weighted by atomic mass is 10.1. The van der Waals surface area contributed by atoms with Crippen molar-refractivity contribution in [2.24, 2.45) is 0 Å². The number of nitrogens with two attached hydrogens (primary N) is 1. The number of nitrogen functional groups attached to an aromatic ring is 1. The fraction of sp³-hybridized carbons (Fsp3) is 0.182. The monoisotopic (exact) mass is 219 g/mol. The third kappa shape index (κ3) is 1.85. The molecule has 2 rings (SSSR count). The number of hydrogen-bond donors (Lipinski definition) is 2. The highest BCUT2D eigenvalue weighted by Gasteiger charge is 2.08. The minimum atomic E-state index is 0.729. The van der Waals surface area contributed by atoms with Gasteiger partial charge in [-0.25, -0.2) is 0 Å². The van der Waals surface area contributed by atoms with Crippen molar-refractivity contribution >= 4 is 17.4 Å². The van der Waals surface area contributed by atoms with Crippen LogP contribution in [0.3, 0.4) is 0 Å². The predicted molar refractivity (Wildman–Crippen MR) is 65.0 cm³/mol. The Morgan fingerprint density at radius 3 is 2.40 bits per heavy atom. The molecule has 3 nitrogen and oxygen atoms in total. The zero-order valence-electron chi connectivity index (χ0n) is 8.74. The van der Waals surface area contributed by atoms with Crippen LogP contribution < -0.4 is 5.73 Å². The summed E-state index contributed by atoms with van der Waals surface area (Å²) in [6.07, 6.45) is 2.06. The molecule has 0 bridgehead atoms. The summed E-state index contributed by atoms with van der Waals surface area (Å²) in [7, 11) is 0. The van der Waals surface area contributed by atoms with E-state index in [2.05, 4.69) is 28.6 Å². The van der Waals surface area contributed by atoms with Gasteiger partial charge in [-0.1, -0.05) is 12.1 Å². The van der Waals surface area contributed by atoms with Crippen LogP contribution in [0.4, 0.5) is 5.69 Å². The second-order valence-corrected chi connectivity index (χ2v) is 4.22. The summed E-state index contributed by atoms with van der Waals surface area (Å²) in [6.45, 7) is 1.92. The molecule has 3 N–H and O–H groups in total. The van der Waals surface area contributed by atoms with E-state index in [0.29, 0.717) is 0 Å². The molecule has 0 spiro atoms. The molecule has 1 heterocycles. The van der Waals surface area contributed by atoms with Gasteiger partial charge < -0.3 is 5.73 Å². The minimum Gasteiger partial charge on any atom is -0.395 e. The molecule has 0 aliphatic heterocycles. The molecule has 0 aliphatic rings. The van der Waals surface area contributed by atoms with Gasteiger partial charge in [0.05, 0.1) is 11.4 Å². The van der Waals surface area contributed by atoms with Crippen LogP contribution in [0.2, 0.25) is 0 Å². The predicted octanol–water partition coefficient (Wildman–Crippen LogP) is 2.69. The molecular formula is C11H13N3S. The molecule has 0 aliphatic carbocycles. The number of aromatic nitrogens is 2. The van der Waals surface area contributed by atoms with E-state index in [-0.39, 0.29) is 0 Å². The molecule has 0 saturated carbocycles. The average Bonchev–Trinajstić information content (AvgIpc) is 2.60. The van der Waals surface area contributed by atoms with Gasteiger partial charge in [-0.05, 0) is 25.3 Å². The zero-order valence-corrected chi connectivity index (χ0v) is 9.56. The Morgan fingerprint density at radius 2 is 1.93 bits per heavy atom. The lowest BCUT2D eigenvalue weighted by Crippen LogP contribution is -1.88. The van der Waals surface area contributed by atoms with E-state index >= 15 is 0 Å². The first-order valence-electron chi connectivity index (χ1n) is 4.67. The Bertz CT molecular complexity index is 459. The van der Waals surface area contributed by atoms with Crippen molar-refractivity contribution in [3.63, 3.8) is 0 Å². The van der Waals surface area contributed by atoms with Crippen molar-refractivity contribution < 1.29 is 0 Å². The fourth-order valence-corrected chi connectivity index (χ4v) is 1.81. The van der Waals surface area contributed by atoms with E-state index in [1.807, 2.05) is 19.1 Å². The minimum absolute atomic E-state index is 0.729. The summed E-state index contributed by atoms with van der Waals surface area (Å²) in [6, 6.07) is 8.22. The van der Waals surface area contributed by atoms with Gasteiger partial charge in [-0.3, -0.25) is 5.10 Å². The molecule has 0 radical (unpaired) electrons. The number of aryl methyl sites for hydroxylation is 1. The van der Waals surface area contributed by atoms with Gasteiger partial charge in [-0.15, -0.1) is 11.8 Å². The number of rotatable bonds is 2. The average molecular weight is 219 g/mol. The van der Waals surface area contributed by atoms with E-state index in [4.69, 9.17) is 5.73 Å². The van der Waals surface area contributed by atoms with Crippen molar-refractivity contribution in [3.8, 4) is 11.3 Å². The lowest BCUT2D eigenvalue weighted by molar-refractivity contribution is 1.05. The maximum atomic E-state index is 5.91. The van der Waals surface area contributed by atoms with E-state index in [0.717, 1.165) is 22.6 Å². The molecule has 0 atom stereocenters. The van der Waals surface area contributed by atoms with Crippen molar-refractivity contribution in [2.45, 2.75) is 11.8 Å². The van der Waals surface area contributed by atoms with E-state index < -0.39 is 0 Å². The summed E-state index contributed by atoms with van der Waals surface area (Å²) in [5.41, 5.74) is 9.43. The first-order valence-corrected chi connectivity index (χ1v) is 5.89. The number of nitrogens with one attached hydrogen (secondary N) is 1. The summed E-state index contributed by atoms with van der Waals surface area (Å²) < 4.78 is 0. The number of benzene rings is 1. The zero-order chi connectivity index (χ0) is 10.8. The van der Waals surface area contributed by atoms with E-state index in [1.165, 1.54) is 4.90 Å². The van der Waals surface area contributed by atoms with Gasteiger partial charge in [0.15, 0.2) is 0 Å². The Morgan fingerprint density at radius 1 is 1.27 bits per heavy atom. The molecule has 78 valence electrons. The van der Waals surface area contributed by atoms with Crippen molar-refractivity contribution in [1.82, 2.24) is 10.2 Å². The van der Waals surface area contributed by atoms with Crippen molar-refractivity contribution in [1.29, 1.82) is 0 Å². The Labute approximate surface area is 93.1 Å². The van der Waals surface area contributed by atoms with Gasteiger partial charge in [0.1, 0.15) is 5.69 Å². The second kappa shape index (κ2) is 3.98. The number of anilines is 1. The molecule has 4 heteroatoms. The lowest BCUT2D eigenvalue weighted by Gasteiger charge is -2.00. The molecule has 2 aromatic rings. The van der Waals surface area contributed by atoms with Gasteiger partial charge in [0, 0.05) is 10.5 Å². The summed E-state index contributed by atoms with van der Waals surface area (Å²) in [5, 5.41) is 7.07. The van der Waals surface area contributed by atoms with Crippen LogP contribution in [-0.4, -0.2) is 16.5 Å². The van der Waals surface area contributed by atoms with Crippen LogP contribution in [0, 0.1) is 6.92 Å². The summed E-state index contributed by atoms with van der Waals surface area (Å²) >= 11 is 1.72. The van der Waals surface area contributed by atoms with Crippen LogP contribution in [0.25, 0.3) is 11.3 Å². The van der Waals surface area contributed by atoms with E-state index in [1.54, 1.807) is 11.8 Å². The van der Waals surface area contributed by atoms with Crippen LogP contribution in [0.1, 0.15) is 5.69 Å². The fourth-order valence-electron chi connectivity index (χ4n) is 1.41. The largest absolute Gasteiger partial charge is 0.395 e. The Balaban J connectivity index is 2.41.